The number of carbonyl (C=O) groups is 2. The Bertz CT molecular complexity index is 839. The zero-order chi connectivity index (χ0) is 20.4. The smallest absolute Gasteiger partial charge is 0.352 e. The maximum atomic E-state index is 12.3. The second-order valence-electron chi connectivity index (χ2n) is 8.45. The van der Waals surface area contributed by atoms with Gasteiger partial charge in [-0.3, -0.25) is 4.79 Å². The first-order valence-corrected chi connectivity index (χ1v) is 9.39. The predicted molar refractivity (Wildman–Crippen MR) is 105 cm³/mol. The number of fused-ring (bicyclic) bond motifs is 1. The van der Waals surface area contributed by atoms with Crippen LogP contribution in [0.2, 0.25) is 5.28 Å². The third kappa shape index (κ3) is 5.66. The van der Waals surface area contributed by atoms with Crippen LogP contribution in [-0.4, -0.2) is 38.1 Å². The van der Waals surface area contributed by atoms with Crippen LogP contribution in [0.15, 0.2) is 12.3 Å². The van der Waals surface area contributed by atoms with Gasteiger partial charge in [-0.25, -0.2) is 9.78 Å². The summed E-state index contributed by atoms with van der Waals surface area (Å²) in [7, 11) is 0. The molecule has 2 N–H and O–H groups in total. The summed E-state index contributed by atoms with van der Waals surface area (Å²) in [5, 5.41) is 13.3. The van der Waals surface area contributed by atoms with E-state index in [1.807, 2.05) is 20.8 Å². The molecule has 0 radical (unpaired) electrons. The molecule has 0 bridgehead atoms. The van der Waals surface area contributed by atoms with Gasteiger partial charge in [0, 0.05) is 24.5 Å². The molecule has 0 fully saturated rings. The van der Waals surface area contributed by atoms with E-state index in [-0.39, 0.29) is 28.3 Å². The minimum Gasteiger partial charge on any atom is -0.477 e. The highest BCUT2D eigenvalue weighted by Gasteiger charge is 2.25. The number of aromatic carboxylic acids is 1. The third-order valence-electron chi connectivity index (χ3n) is 4.10. The summed E-state index contributed by atoms with van der Waals surface area (Å²) in [6, 6.07) is 1.28. The van der Waals surface area contributed by atoms with E-state index in [2.05, 4.69) is 29.1 Å². The van der Waals surface area contributed by atoms with E-state index in [0.717, 1.165) is 0 Å². The number of carboxylic acids is 1. The van der Waals surface area contributed by atoms with Crippen LogP contribution < -0.4 is 5.32 Å². The van der Waals surface area contributed by atoms with Crippen LogP contribution in [0.5, 0.6) is 0 Å². The second kappa shape index (κ2) is 8.25. The van der Waals surface area contributed by atoms with Gasteiger partial charge in [-0.15, -0.1) is 0 Å². The Morgan fingerprint density at radius 3 is 2.56 bits per heavy atom. The van der Waals surface area contributed by atoms with Gasteiger partial charge in [0.05, 0.1) is 6.04 Å². The number of hydrogen-bond acceptors (Lipinski definition) is 4. The van der Waals surface area contributed by atoms with Gasteiger partial charge < -0.3 is 15.0 Å². The van der Waals surface area contributed by atoms with Crippen LogP contribution in [0, 0.1) is 11.3 Å². The van der Waals surface area contributed by atoms with Crippen molar-refractivity contribution in [1.82, 2.24) is 19.9 Å². The van der Waals surface area contributed by atoms with Gasteiger partial charge in [0.25, 0.3) is 0 Å². The van der Waals surface area contributed by atoms with Gasteiger partial charge in [0.2, 0.25) is 11.2 Å². The number of amides is 1. The SMILES string of the molecule is CC(C)C[C@@H](CNC(=O)CC(C)(C)C)n1c(C(=O)O)cc2cnc(Cl)nc21. The van der Waals surface area contributed by atoms with Crippen LogP contribution in [0.1, 0.15) is 64.0 Å². The van der Waals surface area contributed by atoms with Gasteiger partial charge in [-0.05, 0) is 35.4 Å². The molecule has 0 saturated carbocycles. The van der Waals surface area contributed by atoms with Crippen molar-refractivity contribution in [1.29, 1.82) is 0 Å². The zero-order valence-electron chi connectivity index (χ0n) is 16.4. The molecule has 8 heteroatoms. The van der Waals surface area contributed by atoms with E-state index < -0.39 is 5.97 Å². The van der Waals surface area contributed by atoms with E-state index >= 15 is 0 Å². The lowest BCUT2D eigenvalue weighted by molar-refractivity contribution is -0.122. The molecular weight excluding hydrogens is 368 g/mol. The van der Waals surface area contributed by atoms with Crippen molar-refractivity contribution in [2.24, 2.45) is 11.3 Å². The zero-order valence-corrected chi connectivity index (χ0v) is 17.2. The number of halogens is 1. The van der Waals surface area contributed by atoms with Crippen LogP contribution in [0.4, 0.5) is 0 Å². The Labute approximate surface area is 164 Å². The monoisotopic (exact) mass is 394 g/mol. The summed E-state index contributed by atoms with van der Waals surface area (Å²) in [5.41, 5.74) is 0.450. The van der Waals surface area contributed by atoms with Crippen molar-refractivity contribution in [3.8, 4) is 0 Å². The van der Waals surface area contributed by atoms with Crippen molar-refractivity contribution in [2.45, 2.75) is 53.5 Å². The van der Waals surface area contributed by atoms with Crippen molar-refractivity contribution < 1.29 is 14.7 Å². The molecular formula is C19H27ClN4O3. The molecule has 2 aromatic rings. The van der Waals surface area contributed by atoms with Gasteiger partial charge in [0.1, 0.15) is 11.3 Å². The van der Waals surface area contributed by atoms with E-state index in [4.69, 9.17) is 11.6 Å². The van der Waals surface area contributed by atoms with Crippen molar-refractivity contribution in [3.63, 3.8) is 0 Å². The summed E-state index contributed by atoms with van der Waals surface area (Å²) in [6.45, 7) is 10.4. The normalized spacial score (nSPS) is 13.1. The number of nitrogens with zero attached hydrogens (tertiary/aromatic N) is 3. The van der Waals surface area contributed by atoms with Crippen LogP contribution >= 0.6 is 11.6 Å². The molecule has 0 spiro atoms. The number of nitrogens with one attached hydrogen (secondary N) is 1. The van der Waals surface area contributed by atoms with Gasteiger partial charge >= 0.3 is 5.97 Å². The Kier molecular flexibility index (Phi) is 6.46. The topological polar surface area (TPSA) is 97.1 Å². The maximum Gasteiger partial charge on any atom is 0.352 e. The average Bonchev–Trinajstić information content (AvgIpc) is 2.88. The van der Waals surface area contributed by atoms with Crippen molar-refractivity contribution in [2.75, 3.05) is 6.54 Å². The lowest BCUT2D eigenvalue weighted by Gasteiger charge is -2.25. The summed E-state index contributed by atoms with van der Waals surface area (Å²) in [6.07, 6.45) is 2.59. The molecule has 2 rings (SSSR count). The predicted octanol–water partition coefficient (Wildman–Crippen LogP) is 3.92. The minimum absolute atomic E-state index is 0.0545. The average molecular weight is 395 g/mol. The molecule has 148 valence electrons. The molecule has 0 aromatic carbocycles. The fraction of sp³-hybridized carbons (Fsp3) is 0.579. The van der Waals surface area contributed by atoms with Crippen molar-refractivity contribution in [3.05, 3.63) is 23.2 Å². The fourth-order valence-electron chi connectivity index (χ4n) is 3.12. The highest BCUT2D eigenvalue weighted by atomic mass is 35.5. The maximum absolute atomic E-state index is 12.3. The number of carbonyl (C=O) groups excluding carboxylic acids is 1. The van der Waals surface area contributed by atoms with Crippen LogP contribution in [-0.2, 0) is 4.79 Å². The number of rotatable bonds is 7. The lowest BCUT2D eigenvalue weighted by atomic mass is 9.92. The van der Waals surface area contributed by atoms with Gasteiger partial charge in [-0.2, -0.15) is 4.98 Å². The number of carboxylic acid groups (broad SMARTS) is 1. The van der Waals surface area contributed by atoms with Crippen LogP contribution in [0.3, 0.4) is 0 Å². The van der Waals surface area contributed by atoms with E-state index in [1.54, 1.807) is 4.57 Å². The number of hydrogen-bond donors (Lipinski definition) is 2. The van der Waals surface area contributed by atoms with E-state index in [1.165, 1.54) is 12.3 Å². The first-order chi connectivity index (χ1) is 12.5. The summed E-state index contributed by atoms with van der Waals surface area (Å²) in [5.74, 6) is -0.818. The molecule has 0 aliphatic heterocycles. The molecule has 7 nitrogen and oxygen atoms in total. The Hall–Kier alpha value is -2.15. The molecule has 0 saturated heterocycles. The first-order valence-electron chi connectivity index (χ1n) is 9.01. The molecule has 27 heavy (non-hydrogen) atoms. The second-order valence-corrected chi connectivity index (χ2v) is 8.79. The fourth-order valence-corrected chi connectivity index (χ4v) is 3.25. The Morgan fingerprint density at radius 1 is 1.33 bits per heavy atom. The molecule has 2 aromatic heterocycles. The first kappa shape index (κ1) is 21.2. The molecule has 1 amide bonds. The van der Waals surface area contributed by atoms with Gasteiger partial charge in [0.15, 0.2) is 0 Å². The Morgan fingerprint density at radius 2 is 2.00 bits per heavy atom. The highest BCUT2D eigenvalue weighted by Crippen LogP contribution is 2.27. The van der Waals surface area contributed by atoms with Crippen molar-refractivity contribution >= 4 is 34.5 Å². The molecule has 0 aliphatic carbocycles. The quantitative estimate of drug-likeness (QED) is 0.693. The Balaban J connectivity index is 2.41. The molecule has 0 aliphatic rings. The summed E-state index contributed by atoms with van der Waals surface area (Å²) < 4.78 is 1.66. The van der Waals surface area contributed by atoms with E-state index in [0.29, 0.717) is 36.3 Å². The minimum atomic E-state index is -1.06. The summed E-state index contributed by atoms with van der Waals surface area (Å²) in [4.78, 5) is 32.2. The standard InChI is InChI=1S/C19H27ClN4O3/c1-11(2)6-13(10-21-15(25)8-19(3,4)5)24-14(17(26)27)7-12-9-22-18(20)23-16(12)24/h7,9,11,13H,6,8,10H2,1-5H3,(H,21,25)(H,26,27)/t13-/m0/s1. The lowest BCUT2D eigenvalue weighted by Crippen LogP contribution is -2.34. The molecule has 0 unspecified atom stereocenters. The molecule has 1 atom stereocenters. The largest absolute Gasteiger partial charge is 0.477 e. The number of aromatic nitrogens is 3. The third-order valence-corrected chi connectivity index (χ3v) is 4.28. The highest BCUT2D eigenvalue weighted by molar-refractivity contribution is 6.28. The summed E-state index contributed by atoms with van der Waals surface area (Å²) >= 11 is 5.94. The van der Waals surface area contributed by atoms with E-state index in [9.17, 15) is 14.7 Å². The molecule has 2 heterocycles. The van der Waals surface area contributed by atoms with Gasteiger partial charge in [-0.1, -0.05) is 34.6 Å². The van der Waals surface area contributed by atoms with Crippen LogP contribution in [0.25, 0.3) is 11.0 Å².